The van der Waals surface area contributed by atoms with Crippen LogP contribution in [0.15, 0.2) is 71.7 Å². The highest BCUT2D eigenvalue weighted by atomic mass is 19.1. The Morgan fingerprint density at radius 1 is 0.975 bits per heavy atom. The number of morpholine rings is 1. The first kappa shape index (κ1) is 23.9. The third-order valence-corrected chi connectivity index (χ3v) is 6.91. The first-order chi connectivity index (χ1) is 19.6. The summed E-state index contributed by atoms with van der Waals surface area (Å²) < 4.78 is 22.6. The number of aromatic amines is 2. The van der Waals surface area contributed by atoms with Crippen molar-refractivity contribution in [2.24, 2.45) is 0 Å². The Hall–Kier alpha value is -5.16. The van der Waals surface area contributed by atoms with Crippen LogP contribution in [0.3, 0.4) is 0 Å². The molecule has 0 bridgehead atoms. The molecule has 1 aliphatic heterocycles. The summed E-state index contributed by atoms with van der Waals surface area (Å²) in [6, 6.07) is 18.6. The molecule has 0 atom stereocenters. The lowest BCUT2D eigenvalue weighted by Gasteiger charge is -2.28. The summed E-state index contributed by atoms with van der Waals surface area (Å²) in [6.07, 6.45) is 5.49. The predicted molar refractivity (Wildman–Crippen MR) is 150 cm³/mol. The first-order valence-corrected chi connectivity index (χ1v) is 12.8. The van der Waals surface area contributed by atoms with Gasteiger partial charge in [0.15, 0.2) is 11.5 Å². The Morgan fingerprint density at radius 2 is 1.85 bits per heavy atom. The van der Waals surface area contributed by atoms with Crippen LogP contribution < -0.4 is 10.6 Å². The summed E-state index contributed by atoms with van der Waals surface area (Å²) in [4.78, 5) is 25.9. The van der Waals surface area contributed by atoms with Crippen LogP contribution in [0.25, 0.3) is 51.3 Å². The van der Waals surface area contributed by atoms with Crippen molar-refractivity contribution in [1.82, 2.24) is 34.8 Å². The Morgan fingerprint density at radius 3 is 2.67 bits per heavy atom. The molecule has 0 saturated carbocycles. The quantitative estimate of drug-likeness (QED) is 0.341. The number of halogens is 1. The van der Waals surface area contributed by atoms with E-state index in [1.165, 1.54) is 6.07 Å². The Balaban J connectivity index is 1.37. The second kappa shape index (κ2) is 9.86. The smallest absolute Gasteiger partial charge is 0.340 e. The molecule has 2 N–H and O–H groups in total. The van der Waals surface area contributed by atoms with Crippen LogP contribution in [0, 0.1) is 5.82 Å². The van der Waals surface area contributed by atoms with Crippen LogP contribution in [0.5, 0.6) is 0 Å². The molecule has 7 rings (SSSR count). The zero-order valence-corrected chi connectivity index (χ0v) is 21.2. The van der Waals surface area contributed by atoms with Crippen molar-refractivity contribution in [2.75, 3.05) is 31.2 Å². The lowest BCUT2D eigenvalue weighted by atomic mass is 10.1. The van der Waals surface area contributed by atoms with E-state index < -0.39 is 11.5 Å². The number of fused-ring (bicyclic) bond motifs is 2. The van der Waals surface area contributed by atoms with Crippen LogP contribution in [0.1, 0.15) is 11.4 Å². The van der Waals surface area contributed by atoms with Crippen molar-refractivity contribution >= 4 is 34.4 Å². The Labute approximate surface area is 226 Å². The molecular weight excluding hydrogens is 511 g/mol. The SMILES string of the molecule is O=c1[nH]nc(-c2ccc(-c3c(/C=C/c4ccc5ccccc5n4)nc4c(N5CCOCC5)ccnn34)cc2F)[nH]1. The number of ether oxygens (including phenoxy) is 1. The maximum absolute atomic E-state index is 15.4. The van der Waals surface area contributed by atoms with Crippen LogP contribution in [-0.4, -0.2) is 61.1 Å². The van der Waals surface area contributed by atoms with Gasteiger partial charge in [-0.3, -0.25) is 4.98 Å². The highest BCUT2D eigenvalue weighted by Gasteiger charge is 2.21. The lowest BCUT2D eigenvalue weighted by Crippen LogP contribution is -2.36. The monoisotopic (exact) mass is 534 g/mol. The van der Waals surface area contributed by atoms with Gasteiger partial charge in [0.2, 0.25) is 0 Å². The summed E-state index contributed by atoms with van der Waals surface area (Å²) in [7, 11) is 0. The maximum Gasteiger partial charge on any atom is 0.340 e. The average molecular weight is 535 g/mol. The van der Waals surface area contributed by atoms with Gasteiger partial charge in [0.05, 0.1) is 47.6 Å². The van der Waals surface area contributed by atoms with Gasteiger partial charge in [0.25, 0.3) is 0 Å². The topological polar surface area (TPSA) is 117 Å². The van der Waals surface area contributed by atoms with E-state index in [2.05, 4.69) is 25.2 Å². The molecule has 0 aliphatic carbocycles. The van der Waals surface area contributed by atoms with Crippen LogP contribution in [0.4, 0.5) is 10.1 Å². The third-order valence-electron chi connectivity index (χ3n) is 6.91. The Kier molecular flexibility index (Phi) is 5.90. The van der Waals surface area contributed by atoms with Crippen molar-refractivity contribution in [1.29, 1.82) is 0 Å². The lowest BCUT2D eigenvalue weighted by molar-refractivity contribution is 0.123. The van der Waals surface area contributed by atoms with E-state index in [1.807, 2.05) is 54.6 Å². The number of benzene rings is 2. The van der Waals surface area contributed by atoms with Gasteiger partial charge in [-0.2, -0.15) is 10.2 Å². The minimum absolute atomic E-state index is 0.127. The van der Waals surface area contributed by atoms with E-state index in [0.29, 0.717) is 35.8 Å². The zero-order valence-electron chi connectivity index (χ0n) is 21.2. The van der Waals surface area contributed by atoms with E-state index in [1.54, 1.807) is 22.8 Å². The summed E-state index contributed by atoms with van der Waals surface area (Å²) in [5.41, 5.74) is 4.74. The molecule has 11 heteroatoms. The number of nitrogens with zero attached hydrogens (tertiary/aromatic N) is 6. The fraction of sp³-hybridized carbons (Fsp3) is 0.138. The molecule has 2 aromatic carbocycles. The number of rotatable bonds is 5. The molecule has 0 radical (unpaired) electrons. The molecular formula is C29H23FN8O2. The van der Waals surface area contributed by atoms with Crippen molar-refractivity contribution in [2.45, 2.75) is 0 Å². The van der Waals surface area contributed by atoms with E-state index in [-0.39, 0.29) is 11.4 Å². The van der Waals surface area contributed by atoms with E-state index in [9.17, 15) is 4.79 Å². The van der Waals surface area contributed by atoms with Crippen LogP contribution >= 0.6 is 0 Å². The molecule has 10 nitrogen and oxygen atoms in total. The minimum Gasteiger partial charge on any atom is -0.378 e. The third kappa shape index (κ3) is 4.31. The highest BCUT2D eigenvalue weighted by molar-refractivity contribution is 5.85. The number of imidazole rings is 1. The highest BCUT2D eigenvalue weighted by Crippen LogP contribution is 2.32. The number of anilines is 1. The molecule has 1 saturated heterocycles. The van der Waals surface area contributed by atoms with Gasteiger partial charge in [-0.05, 0) is 42.5 Å². The summed E-state index contributed by atoms with van der Waals surface area (Å²) in [6.45, 7) is 2.73. The number of hydrogen-bond donors (Lipinski definition) is 2. The summed E-state index contributed by atoms with van der Waals surface area (Å²) in [5, 5.41) is 11.8. The average Bonchev–Trinajstić information content (AvgIpc) is 3.59. The molecule has 0 spiro atoms. The summed E-state index contributed by atoms with van der Waals surface area (Å²) in [5.74, 6) is -0.409. The number of pyridine rings is 1. The fourth-order valence-corrected chi connectivity index (χ4v) is 4.98. The van der Waals surface area contributed by atoms with Crippen molar-refractivity contribution in [3.63, 3.8) is 0 Å². The largest absolute Gasteiger partial charge is 0.378 e. The second-order valence-corrected chi connectivity index (χ2v) is 9.38. The molecule has 198 valence electrons. The number of nitrogens with one attached hydrogen (secondary N) is 2. The zero-order chi connectivity index (χ0) is 27.1. The first-order valence-electron chi connectivity index (χ1n) is 12.8. The van der Waals surface area contributed by atoms with Gasteiger partial charge in [-0.15, -0.1) is 0 Å². The maximum atomic E-state index is 15.4. The fourth-order valence-electron chi connectivity index (χ4n) is 4.98. The van der Waals surface area contributed by atoms with Crippen molar-refractivity contribution in [3.05, 3.63) is 94.5 Å². The Bertz CT molecular complexity index is 1950. The molecule has 5 heterocycles. The minimum atomic E-state index is -0.536. The molecule has 1 fully saturated rings. The second-order valence-electron chi connectivity index (χ2n) is 9.38. The number of para-hydroxylation sites is 1. The molecule has 4 aromatic heterocycles. The predicted octanol–water partition coefficient (Wildman–Crippen LogP) is 4.17. The van der Waals surface area contributed by atoms with Crippen LogP contribution in [-0.2, 0) is 4.74 Å². The molecule has 0 amide bonds. The normalized spacial score (nSPS) is 14.1. The number of hydrogen-bond acceptors (Lipinski definition) is 7. The molecule has 1 aliphatic rings. The van der Waals surface area contributed by atoms with Crippen molar-refractivity contribution in [3.8, 4) is 22.6 Å². The number of aromatic nitrogens is 7. The van der Waals surface area contributed by atoms with Gasteiger partial charge in [-0.25, -0.2) is 28.8 Å². The van der Waals surface area contributed by atoms with Gasteiger partial charge in [0.1, 0.15) is 11.5 Å². The van der Waals surface area contributed by atoms with Gasteiger partial charge < -0.3 is 9.64 Å². The standard InChI is InChI=1S/C29H23FN8O2/c30-22-17-19(6-9-21(22)27-34-29(39)36-35-27)26-24(10-8-20-7-5-18-3-1-2-4-23(18)32-20)33-28-25(11-12-31-38(26)28)37-13-15-40-16-14-37/h1-12,17H,13-16H2,(H2,34,35,36,39)/b10-8+. The van der Waals surface area contributed by atoms with Crippen LogP contribution in [0.2, 0.25) is 0 Å². The van der Waals surface area contributed by atoms with E-state index >= 15 is 4.39 Å². The van der Waals surface area contributed by atoms with Gasteiger partial charge in [0, 0.05) is 24.0 Å². The summed E-state index contributed by atoms with van der Waals surface area (Å²) >= 11 is 0. The number of H-pyrrole nitrogens is 2. The van der Waals surface area contributed by atoms with Gasteiger partial charge >= 0.3 is 5.69 Å². The van der Waals surface area contributed by atoms with Crippen molar-refractivity contribution < 1.29 is 9.13 Å². The molecule has 6 aromatic rings. The van der Waals surface area contributed by atoms with E-state index in [0.717, 1.165) is 35.4 Å². The van der Waals surface area contributed by atoms with Gasteiger partial charge in [-0.1, -0.05) is 30.3 Å². The molecule has 40 heavy (non-hydrogen) atoms. The molecule has 0 unspecified atom stereocenters. The van der Waals surface area contributed by atoms with E-state index in [4.69, 9.17) is 14.7 Å².